The van der Waals surface area contributed by atoms with Gasteiger partial charge in [0.15, 0.2) is 0 Å². The van der Waals surface area contributed by atoms with Gasteiger partial charge < -0.3 is 19.9 Å². The topological polar surface area (TPSA) is 87.3 Å². The second kappa shape index (κ2) is 11.9. The quantitative estimate of drug-likeness (QED) is 0.319. The summed E-state index contributed by atoms with van der Waals surface area (Å²) in [5.41, 5.74) is 3.50. The Morgan fingerprint density at radius 3 is 2.58 bits per heavy atom. The van der Waals surface area contributed by atoms with Crippen molar-refractivity contribution in [2.75, 3.05) is 7.11 Å². The summed E-state index contributed by atoms with van der Waals surface area (Å²) in [6.45, 7) is 0.281. The summed E-state index contributed by atoms with van der Waals surface area (Å²) in [6, 6.07) is 18.6. The maximum Gasteiger partial charge on any atom is 0.247 e. The number of nitrogens with one attached hydrogen (secondary N) is 2. The monoisotopic (exact) mass is 510 g/mol. The van der Waals surface area contributed by atoms with E-state index in [9.17, 15) is 9.59 Å². The van der Waals surface area contributed by atoms with Gasteiger partial charge in [0.05, 0.1) is 13.5 Å². The van der Waals surface area contributed by atoms with E-state index in [-0.39, 0.29) is 30.8 Å². The van der Waals surface area contributed by atoms with Crippen LogP contribution in [-0.2, 0) is 22.6 Å². The number of H-pyrrole nitrogens is 1. The Hall–Kier alpha value is -4.13. The number of ether oxygens (including phenoxy) is 1. The summed E-state index contributed by atoms with van der Waals surface area (Å²) in [6.07, 6.45) is 10.8. The van der Waals surface area contributed by atoms with E-state index in [0.717, 1.165) is 53.5 Å². The zero-order valence-corrected chi connectivity index (χ0v) is 21.7. The van der Waals surface area contributed by atoms with Crippen molar-refractivity contribution in [3.63, 3.8) is 0 Å². The van der Waals surface area contributed by atoms with Crippen LogP contribution in [0.5, 0.6) is 5.75 Å². The minimum atomic E-state index is -0.801. The summed E-state index contributed by atoms with van der Waals surface area (Å²) in [5.74, 6) is 0.452. The smallest absolute Gasteiger partial charge is 0.247 e. The molecule has 196 valence electrons. The largest absolute Gasteiger partial charge is 0.497 e. The van der Waals surface area contributed by atoms with Gasteiger partial charge in [0.1, 0.15) is 11.8 Å². The number of fused-ring (bicyclic) bond motifs is 1. The average molecular weight is 511 g/mol. The van der Waals surface area contributed by atoms with E-state index in [2.05, 4.69) is 15.3 Å². The molecule has 7 nitrogen and oxygen atoms in total. The highest BCUT2D eigenvalue weighted by Crippen LogP contribution is 2.28. The summed E-state index contributed by atoms with van der Waals surface area (Å²) in [5, 5.41) is 4.27. The third-order valence-corrected chi connectivity index (χ3v) is 7.36. The molecule has 5 rings (SSSR count). The molecule has 0 aliphatic heterocycles. The van der Waals surface area contributed by atoms with Gasteiger partial charge in [-0.05, 0) is 48.2 Å². The highest BCUT2D eigenvalue weighted by Gasteiger charge is 2.33. The van der Waals surface area contributed by atoms with Crippen LogP contribution < -0.4 is 10.1 Å². The number of para-hydroxylation sites is 1. The fourth-order valence-corrected chi connectivity index (χ4v) is 5.33. The van der Waals surface area contributed by atoms with Crippen LogP contribution in [0.3, 0.4) is 0 Å². The minimum absolute atomic E-state index is 0.127. The van der Waals surface area contributed by atoms with Crippen LogP contribution in [0.4, 0.5) is 0 Å². The van der Waals surface area contributed by atoms with Gasteiger partial charge in [-0.15, -0.1) is 0 Å². The first kappa shape index (κ1) is 25.5. The predicted octanol–water partition coefficient (Wildman–Crippen LogP) is 5.33. The van der Waals surface area contributed by atoms with Gasteiger partial charge in [-0.2, -0.15) is 0 Å². The number of carbonyl (C=O) groups excluding carboxylic acids is 2. The van der Waals surface area contributed by atoms with Crippen LogP contribution in [0.15, 0.2) is 79.3 Å². The van der Waals surface area contributed by atoms with Gasteiger partial charge in [0, 0.05) is 47.6 Å². The normalized spacial score (nSPS) is 14.7. The van der Waals surface area contributed by atoms with Crippen molar-refractivity contribution in [1.29, 1.82) is 0 Å². The summed E-state index contributed by atoms with van der Waals surface area (Å²) < 4.78 is 5.32. The lowest BCUT2D eigenvalue weighted by Crippen LogP contribution is -2.47. The Morgan fingerprint density at radius 2 is 1.84 bits per heavy atom. The van der Waals surface area contributed by atoms with Crippen LogP contribution in [0.2, 0.25) is 0 Å². The van der Waals surface area contributed by atoms with Crippen molar-refractivity contribution in [2.24, 2.45) is 0 Å². The molecule has 1 fully saturated rings. The molecular formula is C31H34N4O3. The van der Waals surface area contributed by atoms with E-state index in [0.29, 0.717) is 5.56 Å². The van der Waals surface area contributed by atoms with Crippen molar-refractivity contribution in [2.45, 2.75) is 57.2 Å². The maximum atomic E-state index is 14.1. The molecule has 1 saturated carbocycles. The van der Waals surface area contributed by atoms with Gasteiger partial charge in [-0.25, -0.2) is 0 Å². The molecule has 2 aromatic heterocycles. The number of benzene rings is 2. The first-order valence-corrected chi connectivity index (χ1v) is 13.3. The van der Waals surface area contributed by atoms with E-state index in [4.69, 9.17) is 4.74 Å². The highest BCUT2D eigenvalue weighted by molar-refractivity contribution is 5.92. The molecule has 2 aromatic carbocycles. The molecule has 0 radical (unpaired) electrons. The summed E-state index contributed by atoms with van der Waals surface area (Å²) >= 11 is 0. The molecule has 2 N–H and O–H groups in total. The van der Waals surface area contributed by atoms with Gasteiger partial charge in [0.25, 0.3) is 0 Å². The molecule has 0 spiro atoms. The van der Waals surface area contributed by atoms with E-state index < -0.39 is 6.04 Å². The molecule has 0 bridgehead atoms. The number of methoxy groups -OCH3 is 1. The van der Waals surface area contributed by atoms with Crippen molar-refractivity contribution in [3.8, 4) is 5.75 Å². The second-order valence-electron chi connectivity index (χ2n) is 9.94. The van der Waals surface area contributed by atoms with Crippen molar-refractivity contribution >= 4 is 22.7 Å². The number of carbonyl (C=O) groups is 2. The van der Waals surface area contributed by atoms with Gasteiger partial charge in [0.2, 0.25) is 11.8 Å². The van der Waals surface area contributed by atoms with Crippen LogP contribution in [-0.4, -0.2) is 39.8 Å². The lowest BCUT2D eigenvalue weighted by Gasteiger charge is -2.33. The lowest BCUT2D eigenvalue weighted by atomic mass is 9.94. The molecular weight excluding hydrogens is 476 g/mol. The van der Waals surface area contributed by atoms with Crippen LogP contribution in [0, 0.1) is 0 Å². The number of aromatic amines is 1. The van der Waals surface area contributed by atoms with Gasteiger partial charge in [-0.3, -0.25) is 14.6 Å². The molecule has 38 heavy (non-hydrogen) atoms. The summed E-state index contributed by atoms with van der Waals surface area (Å²) in [4.78, 5) is 37.2. The number of hydrogen-bond donors (Lipinski definition) is 2. The number of hydrogen-bond acceptors (Lipinski definition) is 4. The second-order valence-corrected chi connectivity index (χ2v) is 9.94. The van der Waals surface area contributed by atoms with E-state index >= 15 is 0 Å². The molecule has 7 heteroatoms. The van der Waals surface area contributed by atoms with Crippen LogP contribution in [0.25, 0.3) is 10.9 Å². The third kappa shape index (κ3) is 5.88. The highest BCUT2D eigenvalue weighted by atomic mass is 16.5. The Bertz CT molecular complexity index is 1360. The van der Waals surface area contributed by atoms with Gasteiger partial charge in [-0.1, -0.05) is 55.7 Å². The van der Waals surface area contributed by atoms with Crippen molar-refractivity contribution in [1.82, 2.24) is 20.2 Å². The molecule has 2 amide bonds. The fraction of sp³-hybridized carbons (Fsp3) is 0.323. The Labute approximate surface area is 223 Å². The number of aromatic nitrogens is 2. The maximum absolute atomic E-state index is 14.1. The average Bonchev–Trinajstić information content (AvgIpc) is 3.37. The number of pyridine rings is 1. The van der Waals surface area contributed by atoms with Crippen LogP contribution >= 0.6 is 0 Å². The fourth-order valence-electron chi connectivity index (χ4n) is 5.33. The zero-order valence-electron chi connectivity index (χ0n) is 21.7. The van der Waals surface area contributed by atoms with Crippen molar-refractivity contribution in [3.05, 3.63) is 95.9 Å². The summed E-state index contributed by atoms with van der Waals surface area (Å²) in [7, 11) is 1.63. The molecule has 2 heterocycles. The Balaban J connectivity index is 1.50. The third-order valence-electron chi connectivity index (χ3n) is 7.36. The molecule has 0 unspecified atom stereocenters. The Kier molecular flexibility index (Phi) is 8.02. The molecule has 1 aliphatic carbocycles. The Morgan fingerprint density at radius 1 is 1.05 bits per heavy atom. The number of amides is 2. The molecule has 4 aromatic rings. The molecule has 1 aliphatic rings. The first-order chi connectivity index (χ1) is 18.6. The van der Waals surface area contributed by atoms with E-state index in [1.54, 1.807) is 24.4 Å². The predicted molar refractivity (Wildman–Crippen MR) is 148 cm³/mol. The standard InChI is InChI=1S/C31H34N4O3/c1-38-26-15-13-22(14-16-26)21-35(29(36)18-24-20-33-28-12-6-5-11-27(24)28)30(23-8-7-17-32-19-23)31(37)34-25-9-3-2-4-10-25/h5-8,11-17,19-20,25,30,33H,2-4,9-10,18,21H2,1H3,(H,34,37)/t30-/m0/s1. The van der Waals surface area contributed by atoms with Crippen LogP contribution in [0.1, 0.15) is 54.8 Å². The van der Waals surface area contributed by atoms with E-state index in [1.807, 2.05) is 66.9 Å². The minimum Gasteiger partial charge on any atom is -0.497 e. The zero-order chi connectivity index (χ0) is 26.3. The lowest BCUT2D eigenvalue weighted by molar-refractivity contribution is -0.141. The first-order valence-electron chi connectivity index (χ1n) is 13.3. The number of nitrogens with zero attached hydrogens (tertiary/aromatic N) is 2. The van der Waals surface area contributed by atoms with Gasteiger partial charge >= 0.3 is 0 Å². The van der Waals surface area contributed by atoms with E-state index in [1.165, 1.54) is 6.42 Å². The van der Waals surface area contributed by atoms with Crippen molar-refractivity contribution < 1.29 is 14.3 Å². The molecule has 0 saturated heterocycles. The molecule has 1 atom stereocenters. The SMILES string of the molecule is COc1ccc(CN(C(=O)Cc2c[nH]c3ccccc23)[C@H](C(=O)NC2CCCCC2)c2cccnc2)cc1. The number of rotatable bonds is 9.